The minimum absolute atomic E-state index is 0.0518. The summed E-state index contributed by atoms with van der Waals surface area (Å²) in [5.41, 5.74) is -0.254. The second-order valence-electron chi connectivity index (χ2n) is 6.27. The molecule has 0 aromatic heterocycles. The summed E-state index contributed by atoms with van der Waals surface area (Å²) in [6.45, 7) is 3.32. The zero-order chi connectivity index (χ0) is 20.2. The molecule has 2 N–H and O–H groups in total. The van der Waals surface area contributed by atoms with Crippen LogP contribution >= 0.6 is 23.4 Å². The van der Waals surface area contributed by atoms with E-state index in [1.165, 1.54) is 7.11 Å². The van der Waals surface area contributed by atoms with Crippen molar-refractivity contribution in [3.8, 4) is 17.9 Å². The summed E-state index contributed by atoms with van der Waals surface area (Å²) in [6, 6.07) is 8.82. The first-order valence-electron chi connectivity index (χ1n) is 7.86. The minimum atomic E-state index is -0.971. The molecule has 1 aliphatic rings. The number of nitriles is 2. The molecule has 0 fully saturated rings. The number of anilines is 1. The molecule has 1 aromatic carbocycles. The Morgan fingerprint density at radius 1 is 1.44 bits per heavy atom. The number of hydrogen-bond donors (Lipinski definition) is 2. The Hall–Kier alpha value is -2.68. The summed E-state index contributed by atoms with van der Waals surface area (Å²) < 4.78 is 5.18. The minimum Gasteiger partial charge on any atom is -0.495 e. The van der Waals surface area contributed by atoms with Crippen LogP contribution in [0.15, 0.2) is 28.8 Å². The topological polar surface area (TPSA) is 115 Å². The van der Waals surface area contributed by atoms with Crippen molar-refractivity contribution in [2.24, 2.45) is 11.3 Å². The first-order chi connectivity index (χ1) is 12.7. The molecule has 1 aromatic rings. The van der Waals surface area contributed by atoms with Gasteiger partial charge in [-0.2, -0.15) is 10.5 Å². The first-order valence-corrected chi connectivity index (χ1v) is 9.22. The predicted molar refractivity (Wildman–Crippen MR) is 103 cm³/mol. The molecule has 140 valence electrons. The zero-order valence-electron chi connectivity index (χ0n) is 14.9. The van der Waals surface area contributed by atoms with E-state index in [2.05, 4.69) is 16.7 Å². The van der Waals surface area contributed by atoms with Crippen molar-refractivity contribution in [3.63, 3.8) is 0 Å². The van der Waals surface area contributed by atoms with Gasteiger partial charge in [0, 0.05) is 10.4 Å². The summed E-state index contributed by atoms with van der Waals surface area (Å²) in [5, 5.41) is 24.7. The Morgan fingerprint density at radius 3 is 2.74 bits per heavy atom. The van der Waals surface area contributed by atoms with Gasteiger partial charge in [-0.1, -0.05) is 37.2 Å². The van der Waals surface area contributed by atoms with Crippen LogP contribution in [0.25, 0.3) is 0 Å². The molecule has 1 heterocycles. The number of carbonyl (C=O) groups is 2. The highest BCUT2D eigenvalue weighted by Gasteiger charge is 2.44. The van der Waals surface area contributed by atoms with Crippen molar-refractivity contribution in [2.75, 3.05) is 18.2 Å². The van der Waals surface area contributed by atoms with Gasteiger partial charge < -0.3 is 15.4 Å². The highest BCUT2D eigenvalue weighted by atomic mass is 35.5. The lowest BCUT2D eigenvalue weighted by Gasteiger charge is -2.34. The zero-order valence-corrected chi connectivity index (χ0v) is 16.5. The summed E-state index contributed by atoms with van der Waals surface area (Å²) in [7, 11) is 1.48. The average Bonchev–Trinajstić information content (AvgIpc) is 2.59. The molecule has 0 bridgehead atoms. The van der Waals surface area contributed by atoms with Crippen molar-refractivity contribution >= 4 is 40.9 Å². The lowest BCUT2D eigenvalue weighted by molar-refractivity contribution is -0.125. The summed E-state index contributed by atoms with van der Waals surface area (Å²) in [5.74, 6) is -1.41. The quantitative estimate of drug-likeness (QED) is 0.779. The van der Waals surface area contributed by atoms with Gasteiger partial charge in [-0.05, 0) is 18.2 Å². The highest BCUT2D eigenvalue weighted by molar-refractivity contribution is 8.03. The lowest BCUT2D eigenvalue weighted by atomic mass is 9.72. The summed E-state index contributed by atoms with van der Waals surface area (Å²) in [6.07, 6.45) is 0. The van der Waals surface area contributed by atoms with Gasteiger partial charge in [0.05, 0.1) is 41.3 Å². The maximum absolute atomic E-state index is 12.3. The third-order valence-electron chi connectivity index (χ3n) is 4.12. The number of halogens is 1. The third kappa shape index (κ3) is 4.36. The fraction of sp³-hybridized carbons (Fsp3) is 0.333. The Bertz CT molecular complexity index is 899. The molecular weight excluding hydrogens is 388 g/mol. The molecule has 2 amide bonds. The van der Waals surface area contributed by atoms with E-state index in [0.717, 1.165) is 11.8 Å². The van der Waals surface area contributed by atoms with E-state index in [1.54, 1.807) is 32.0 Å². The number of rotatable bonds is 5. The molecular formula is C18H17ClN4O3S. The smallest absolute Gasteiger partial charge is 0.243 e. The van der Waals surface area contributed by atoms with Crippen LogP contribution in [-0.2, 0) is 9.59 Å². The van der Waals surface area contributed by atoms with Crippen molar-refractivity contribution < 1.29 is 14.3 Å². The monoisotopic (exact) mass is 404 g/mol. The van der Waals surface area contributed by atoms with Gasteiger partial charge in [0.1, 0.15) is 11.7 Å². The maximum atomic E-state index is 12.3. The van der Waals surface area contributed by atoms with Crippen molar-refractivity contribution in [1.29, 1.82) is 10.5 Å². The number of nitrogens with one attached hydrogen (secondary N) is 2. The molecule has 27 heavy (non-hydrogen) atoms. The molecule has 0 unspecified atom stereocenters. The van der Waals surface area contributed by atoms with Gasteiger partial charge in [0.2, 0.25) is 11.8 Å². The Balaban J connectivity index is 2.16. The summed E-state index contributed by atoms with van der Waals surface area (Å²) in [4.78, 5) is 24.4. The fourth-order valence-electron chi connectivity index (χ4n) is 2.64. The Morgan fingerprint density at radius 2 is 2.15 bits per heavy atom. The largest absolute Gasteiger partial charge is 0.495 e. The predicted octanol–water partition coefficient (Wildman–Crippen LogP) is 3.05. The van der Waals surface area contributed by atoms with Crippen LogP contribution in [0.3, 0.4) is 0 Å². The third-order valence-corrected chi connectivity index (χ3v) is 5.35. The number of methoxy groups -OCH3 is 1. The maximum Gasteiger partial charge on any atom is 0.243 e. The molecule has 0 radical (unpaired) electrons. The molecule has 1 aliphatic heterocycles. The lowest BCUT2D eigenvalue weighted by Crippen LogP contribution is -2.44. The molecule has 7 nitrogen and oxygen atoms in total. The van der Waals surface area contributed by atoms with E-state index in [9.17, 15) is 20.1 Å². The number of thioether (sulfide) groups is 1. The Kier molecular flexibility index (Phi) is 6.37. The normalized spacial score (nSPS) is 18.1. The molecule has 0 saturated carbocycles. The van der Waals surface area contributed by atoms with Gasteiger partial charge in [-0.3, -0.25) is 9.59 Å². The number of benzene rings is 1. The summed E-state index contributed by atoms with van der Waals surface area (Å²) >= 11 is 6.96. The van der Waals surface area contributed by atoms with E-state index in [4.69, 9.17) is 16.3 Å². The number of nitrogens with zero attached hydrogens (tertiary/aromatic N) is 2. The SMILES string of the molecule is COc1ccc(Cl)cc1NC(=O)CSC1=C(C#N)C(C)(C)[C@@H](C#N)C(=O)N1. The number of hydrogen-bond acceptors (Lipinski definition) is 6. The van der Waals surface area contributed by atoms with Gasteiger partial charge in [-0.25, -0.2) is 0 Å². The van der Waals surface area contributed by atoms with E-state index in [-0.39, 0.29) is 22.3 Å². The highest BCUT2D eigenvalue weighted by Crippen LogP contribution is 2.41. The van der Waals surface area contributed by atoms with E-state index in [0.29, 0.717) is 16.5 Å². The van der Waals surface area contributed by atoms with Crippen molar-refractivity contribution in [1.82, 2.24) is 5.32 Å². The molecule has 0 aliphatic carbocycles. The molecule has 1 atom stereocenters. The van der Waals surface area contributed by atoms with Crippen molar-refractivity contribution in [2.45, 2.75) is 13.8 Å². The van der Waals surface area contributed by atoms with Crippen LogP contribution in [0.4, 0.5) is 5.69 Å². The second kappa shape index (κ2) is 8.34. The molecule has 0 spiro atoms. The standard InChI is InChI=1S/C18H17ClN4O3S/c1-18(2)11(7-20)16(25)23-17(12(18)8-21)27-9-15(24)22-13-6-10(19)4-5-14(13)26-3/h4-6,11H,9H2,1-3H3,(H,22,24)(H,23,25)/t11-/m0/s1. The molecule has 2 rings (SSSR count). The van der Waals surface area contributed by atoms with Crippen LogP contribution in [0.5, 0.6) is 5.75 Å². The van der Waals surface area contributed by atoms with E-state index < -0.39 is 17.2 Å². The average molecular weight is 405 g/mol. The number of allylic oxidation sites excluding steroid dienone is 1. The first kappa shape index (κ1) is 20.6. The fourth-order valence-corrected chi connectivity index (χ4v) is 3.78. The second-order valence-corrected chi connectivity index (χ2v) is 7.69. The van der Waals surface area contributed by atoms with Crippen LogP contribution in [0.1, 0.15) is 13.8 Å². The van der Waals surface area contributed by atoms with Gasteiger partial charge in [-0.15, -0.1) is 0 Å². The van der Waals surface area contributed by atoms with Gasteiger partial charge in [0.15, 0.2) is 0 Å². The molecule has 0 saturated heterocycles. The van der Waals surface area contributed by atoms with E-state index >= 15 is 0 Å². The number of carbonyl (C=O) groups excluding carboxylic acids is 2. The van der Waals surface area contributed by atoms with Crippen molar-refractivity contribution in [3.05, 3.63) is 33.8 Å². The van der Waals surface area contributed by atoms with Crippen LogP contribution in [0.2, 0.25) is 5.02 Å². The Labute approximate surface area is 166 Å². The van der Waals surface area contributed by atoms with E-state index in [1.807, 2.05) is 6.07 Å². The van der Waals surface area contributed by atoms with Crippen LogP contribution < -0.4 is 15.4 Å². The van der Waals surface area contributed by atoms with Gasteiger partial charge in [0.25, 0.3) is 0 Å². The van der Waals surface area contributed by atoms with Crippen LogP contribution in [0, 0.1) is 34.0 Å². The number of amides is 2. The van der Waals surface area contributed by atoms with Crippen LogP contribution in [-0.4, -0.2) is 24.7 Å². The van der Waals surface area contributed by atoms with Gasteiger partial charge >= 0.3 is 0 Å². The molecule has 9 heteroatoms. The number of ether oxygens (including phenoxy) is 1.